The minimum absolute atomic E-state index is 0.265. The molecule has 9 heavy (non-hydrogen) atoms. The first-order valence-corrected chi connectivity index (χ1v) is 3.57. The molecule has 3 unspecified atom stereocenters. The van der Waals surface area contributed by atoms with Crippen molar-refractivity contribution in [1.29, 1.82) is 0 Å². The summed E-state index contributed by atoms with van der Waals surface area (Å²) < 4.78 is 5.34. The minimum Gasteiger partial charge on any atom is -0.377 e. The second-order valence-corrected chi connectivity index (χ2v) is 3.02. The molecule has 0 spiro atoms. The number of hydrogen-bond acceptors (Lipinski definition) is 2. The van der Waals surface area contributed by atoms with Gasteiger partial charge >= 0.3 is 0 Å². The van der Waals surface area contributed by atoms with Gasteiger partial charge in [0, 0.05) is 6.04 Å². The fourth-order valence-corrected chi connectivity index (χ4v) is 1.21. The Bertz CT molecular complexity index is 94.9. The largest absolute Gasteiger partial charge is 0.377 e. The average molecular weight is 129 g/mol. The summed E-state index contributed by atoms with van der Waals surface area (Å²) in [7, 11) is 0. The molecule has 1 heterocycles. The van der Waals surface area contributed by atoms with Gasteiger partial charge in [-0.2, -0.15) is 0 Å². The molecule has 1 saturated heterocycles. The van der Waals surface area contributed by atoms with E-state index in [1.165, 1.54) is 0 Å². The zero-order valence-corrected chi connectivity index (χ0v) is 6.13. The molecule has 2 N–H and O–H groups in total. The molecule has 3 atom stereocenters. The van der Waals surface area contributed by atoms with Gasteiger partial charge in [0.15, 0.2) is 0 Å². The van der Waals surface area contributed by atoms with Crippen LogP contribution in [0, 0.1) is 5.92 Å². The second-order valence-electron chi connectivity index (χ2n) is 3.02. The highest BCUT2D eigenvalue weighted by molar-refractivity contribution is 4.75. The molecule has 1 fully saturated rings. The van der Waals surface area contributed by atoms with Crippen LogP contribution in [0.2, 0.25) is 0 Å². The van der Waals surface area contributed by atoms with Gasteiger partial charge in [0.25, 0.3) is 0 Å². The van der Waals surface area contributed by atoms with E-state index >= 15 is 0 Å². The van der Waals surface area contributed by atoms with Crippen molar-refractivity contribution < 1.29 is 4.74 Å². The maximum Gasteiger partial charge on any atom is 0.0623 e. The second kappa shape index (κ2) is 2.67. The van der Waals surface area contributed by atoms with Crippen LogP contribution in [0.5, 0.6) is 0 Å². The van der Waals surface area contributed by atoms with Crippen molar-refractivity contribution in [1.82, 2.24) is 0 Å². The summed E-state index contributed by atoms with van der Waals surface area (Å²) in [5.41, 5.74) is 5.72. The lowest BCUT2D eigenvalue weighted by Crippen LogP contribution is -2.40. The van der Waals surface area contributed by atoms with Crippen LogP contribution in [0.3, 0.4) is 0 Å². The Morgan fingerprint density at radius 1 is 1.44 bits per heavy atom. The lowest BCUT2D eigenvalue weighted by molar-refractivity contribution is -0.00632. The van der Waals surface area contributed by atoms with Crippen LogP contribution in [0.25, 0.3) is 0 Å². The Balaban J connectivity index is 2.35. The molecule has 1 aliphatic rings. The maximum atomic E-state index is 5.72. The molecule has 0 aromatic heterocycles. The standard InChI is InChI=1S/C7H15NO/c1-5-3-6(2)9-4-7(5)8/h5-7H,3-4,8H2,1-2H3. The van der Waals surface area contributed by atoms with E-state index in [0.29, 0.717) is 12.0 Å². The first kappa shape index (κ1) is 7.03. The molecule has 2 nitrogen and oxygen atoms in total. The fraction of sp³-hybridized carbons (Fsp3) is 1.00. The smallest absolute Gasteiger partial charge is 0.0623 e. The zero-order chi connectivity index (χ0) is 6.85. The third-order valence-electron chi connectivity index (χ3n) is 2.01. The quantitative estimate of drug-likeness (QED) is 0.524. The Labute approximate surface area is 56.4 Å². The molecule has 0 amide bonds. The summed E-state index contributed by atoms with van der Waals surface area (Å²) in [5.74, 6) is 0.633. The maximum absolute atomic E-state index is 5.72. The summed E-state index contributed by atoms with van der Waals surface area (Å²) in [6.45, 7) is 5.02. The normalized spacial score (nSPS) is 45.0. The molecule has 0 aromatic carbocycles. The summed E-state index contributed by atoms with van der Waals surface area (Å²) in [4.78, 5) is 0. The van der Waals surface area contributed by atoms with Crippen molar-refractivity contribution in [2.75, 3.05) is 6.61 Å². The summed E-state index contributed by atoms with van der Waals surface area (Å²) in [6.07, 6.45) is 1.53. The van der Waals surface area contributed by atoms with Crippen LogP contribution in [0.1, 0.15) is 20.3 Å². The lowest BCUT2D eigenvalue weighted by Gasteiger charge is -2.29. The topological polar surface area (TPSA) is 35.2 Å². The number of hydrogen-bond donors (Lipinski definition) is 1. The molecule has 0 aliphatic carbocycles. The first-order valence-electron chi connectivity index (χ1n) is 3.57. The highest BCUT2D eigenvalue weighted by atomic mass is 16.5. The summed E-state index contributed by atoms with van der Waals surface area (Å²) >= 11 is 0. The van der Waals surface area contributed by atoms with E-state index < -0.39 is 0 Å². The van der Waals surface area contributed by atoms with Crippen molar-refractivity contribution in [3.8, 4) is 0 Å². The van der Waals surface area contributed by atoms with Crippen molar-refractivity contribution >= 4 is 0 Å². The van der Waals surface area contributed by atoms with E-state index in [1.54, 1.807) is 0 Å². The molecular weight excluding hydrogens is 114 g/mol. The van der Waals surface area contributed by atoms with Crippen molar-refractivity contribution in [2.45, 2.75) is 32.4 Å². The van der Waals surface area contributed by atoms with Crippen LogP contribution < -0.4 is 5.73 Å². The number of rotatable bonds is 0. The molecule has 1 aliphatic heterocycles. The van der Waals surface area contributed by atoms with Gasteiger partial charge in [0.05, 0.1) is 12.7 Å². The van der Waals surface area contributed by atoms with Crippen LogP contribution in [0.4, 0.5) is 0 Å². The van der Waals surface area contributed by atoms with Gasteiger partial charge in [-0.05, 0) is 19.3 Å². The van der Waals surface area contributed by atoms with Crippen LogP contribution in [0.15, 0.2) is 0 Å². The van der Waals surface area contributed by atoms with E-state index in [2.05, 4.69) is 13.8 Å². The SMILES string of the molecule is CC1CC(C)C(N)CO1. The first-order chi connectivity index (χ1) is 4.20. The lowest BCUT2D eigenvalue weighted by atomic mass is 9.94. The van der Waals surface area contributed by atoms with Gasteiger partial charge in [-0.15, -0.1) is 0 Å². The van der Waals surface area contributed by atoms with Crippen molar-refractivity contribution in [3.63, 3.8) is 0 Å². The van der Waals surface area contributed by atoms with E-state index in [0.717, 1.165) is 13.0 Å². The van der Waals surface area contributed by atoms with E-state index in [-0.39, 0.29) is 6.04 Å². The van der Waals surface area contributed by atoms with E-state index in [1.807, 2.05) is 0 Å². The molecular formula is C7H15NO. The summed E-state index contributed by atoms with van der Waals surface area (Å²) in [6, 6.07) is 0.265. The number of ether oxygens (including phenoxy) is 1. The Morgan fingerprint density at radius 2 is 2.11 bits per heavy atom. The molecule has 2 heteroatoms. The van der Waals surface area contributed by atoms with E-state index in [9.17, 15) is 0 Å². The van der Waals surface area contributed by atoms with Crippen molar-refractivity contribution in [3.05, 3.63) is 0 Å². The van der Waals surface area contributed by atoms with Crippen LogP contribution in [-0.2, 0) is 4.74 Å². The van der Waals surface area contributed by atoms with Gasteiger partial charge in [-0.1, -0.05) is 6.92 Å². The van der Waals surface area contributed by atoms with Crippen LogP contribution >= 0.6 is 0 Å². The minimum atomic E-state index is 0.265. The third-order valence-corrected chi connectivity index (χ3v) is 2.01. The monoisotopic (exact) mass is 129 g/mol. The zero-order valence-electron chi connectivity index (χ0n) is 6.13. The van der Waals surface area contributed by atoms with Gasteiger partial charge in [-0.3, -0.25) is 0 Å². The van der Waals surface area contributed by atoms with Crippen LogP contribution in [-0.4, -0.2) is 18.8 Å². The van der Waals surface area contributed by atoms with Gasteiger partial charge in [-0.25, -0.2) is 0 Å². The predicted molar refractivity (Wildman–Crippen MR) is 37.2 cm³/mol. The Kier molecular flexibility index (Phi) is 2.09. The third kappa shape index (κ3) is 1.66. The van der Waals surface area contributed by atoms with Gasteiger partial charge in [0.2, 0.25) is 0 Å². The highest BCUT2D eigenvalue weighted by Crippen LogP contribution is 2.17. The van der Waals surface area contributed by atoms with Gasteiger partial charge < -0.3 is 10.5 Å². The predicted octanol–water partition coefficient (Wildman–Crippen LogP) is 0.759. The fourth-order valence-electron chi connectivity index (χ4n) is 1.21. The highest BCUT2D eigenvalue weighted by Gasteiger charge is 2.21. The molecule has 0 aromatic rings. The number of nitrogens with two attached hydrogens (primary N) is 1. The van der Waals surface area contributed by atoms with Crippen molar-refractivity contribution in [2.24, 2.45) is 11.7 Å². The molecule has 1 rings (SSSR count). The molecule has 54 valence electrons. The Hall–Kier alpha value is -0.0800. The molecule has 0 radical (unpaired) electrons. The van der Waals surface area contributed by atoms with E-state index in [4.69, 9.17) is 10.5 Å². The Morgan fingerprint density at radius 3 is 2.56 bits per heavy atom. The molecule has 0 bridgehead atoms. The average Bonchev–Trinajstić information content (AvgIpc) is 1.80. The molecule has 0 saturated carbocycles. The van der Waals surface area contributed by atoms with Gasteiger partial charge in [0.1, 0.15) is 0 Å². The summed E-state index contributed by atoms with van der Waals surface area (Å²) in [5, 5.41) is 0.